The number of ether oxygens (including phenoxy) is 1. The lowest BCUT2D eigenvalue weighted by Gasteiger charge is -2.27. The molecule has 0 spiro atoms. The Morgan fingerprint density at radius 1 is 1.36 bits per heavy atom. The summed E-state index contributed by atoms with van der Waals surface area (Å²) in [6.45, 7) is 1.92. The van der Waals surface area contributed by atoms with Gasteiger partial charge in [0.1, 0.15) is 11.1 Å². The molecular weight excluding hydrogens is 198 g/mol. The minimum atomic E-state index is 0.135. The summed E-state index contributed by atoms with van der Waals surface area (Å²) in [6.07, 6.45) is 4.66. The van der Waals surface area contributed by atoms with E-state index in [1.165, 1.54) is 24.2 Å². The number of hydrogen-bond donors (Lipinski definition) is 1. The molecule has 5 heteroatoms. The minimum Gasteiger partial charge on any atom is -0.464 e. The lowest BCUT2D eigenvalue weighted by Crippen LogP contribution is -2.41. The molecule has 1 fully saturated rings. The van der Waals surface area contributed by atoms with E-state index in [0.29, 0.717) is 5.19 Å². The average molecular weight is 213 g/mol. The van der Waals surface area contributed by atoms with Crippen molar-refractivity contribution in [3.63, 3.8) is 0 Å². The van der Waals surface area contributed by atoms with Gasteiger partial charge in [0.25, 0.3) is 5.19 Å². The molecule has 4 nitrogen and oxygen atoms in total. The van der Waals surface area contributed by atoms with Crippen LogP contribution >= 0.6 is 11.3 Å². The second kappa shape index (κ2) is 4.23. The van der Waals surface area contributed by atoms with Crippen molar-refractivity contribution < 1.29 is 4.74 Å². The largest absolute Gasteiger partial charge is 0.464 e. The maximum atomic E-state index is 5.97. The smallest absolute Gasteiger partial charge is 0.294 e. The van der Waals surface area contributed by atoms with Crippen LogP contribution in [-0.4, -0.2) is 22.3 Å². The van der Waals surface area contributed by atoms with Gasteiger partial charge in [-0.1, -0.05) is 17.8 Å². The van der Waals surface area contributed by atoms with E-state index in [2.05, 4.69) is 10.2 Å². The quantitative estimate of drug-likeness (QED) is 0.808. The zero-order valence-corrected chi connectivity index (χ0v) is 9.09. The molecular formula is C9H15N3OS. The van der Waals surface area contributed by atoms with Crippen LogP contribution in [0.15, 0.2) is 0 Å². The summed E-state index contributed by atoms with van der Waals surface area (Å²) in [6, 6.07) is 0.160. The molecule has 14 heavy (non-hydrogen) atoms. The van der Waals surface area contributed by atoms with Gasteiger partial charge in [-0.15, -0.1) is 10.2 Å². The molecule has 0 radical (unpaired) electrons. The van der Waals surface area contributed by atoms with Crippen molar-refractivity contribution in [1.82, 2.24) is 10.2 Å². The Kier molecular flexibility index (Phi) is 2.98. The van der Waals surface area contributed by atoms with Gasteiger partial charge in [0.2, 0.25) is 0 Å². The third kappa shape index (κ3) is 2.22. The van der Waals surface area contributed by atoms with Gasteiger partial charge in [0, 0.05) is 6.04 Å². The molecule has 1 aliphatic carbocycles. The highest BCUT2D eigenvalue weighted by molar-refractivity contribution is 7.12. The first kappa shape index (κ1) is 9.86. The molecule has 1 heterocycles. The van der Waals surface area contributed by atoms with E-state index in [4.69, 9.17) is 10.5 Å². The zero-order chi connectivity index (χ0) is 9.97. The van der Waals surface area contributed by atoms with E-state index in [9.17, 15) is 0 Å². The molecule has 0 saturated heterocycles. The SMILES string of the molecule is Cc1nnc(O[C@@H]2CCCC[C@H]2N)s1. The van der Waals surface area contributed by atoms with Gasteiger partial charge < -0.3 is 10.5 Å². The Bertz CT molecular complexity index is 302. The topological polar surface area (TPSA) is 61.0 Å². The lowest BCUT2D eigenvalue weighted by molar-refractivity contribution is 0.131. The molecule has 78 valence electrons. The van der Waals surface area contributed by atoms with Gasteiger partial charge in [-0.2, -0.15) is 0 Å². The summed E-state index contributed by atoms with van der Waals surface area (Å²) in [5.41, 5.74) is 5.97. The predicted octanol–water partition coefficient (Wildman–Crippen LogP) is 1.50. The minimum absolute atomic E-state index is 0.135. The molecule has 0 aromatic carbocycles. The van der Waals surface area contributed by atoms with Crippen LogP contribution in [0, 0.1) is 6.92 Å². The molecule has 2 atom stereocenters. The fourth-order valence-electron chi connectivity index (χ4n) is 1.73. The van der Waals surface area contributed by atoms with Crippen LogP contribution in [0.4, 0.5) is 0 Å². The first-order valence-corrected chi connectivity index (χ1v) is 5.79. The number of nitrogens with zero attached hydrogens (tertiary/aromatic N) is 2. The van der Waals surface area contributed by atoms with Crippen molar-refractivity contribution in [2.45, 2.75) is 44.8 Å². The van der Waals surface area contributed by atoms with E-state index in [1.54, 1.807) is 0 Å². The van der Waals surface area contributed by atoms with Gasteiger partial charge in [-0.05, 0) is 26.2 Å². The third-order valence-corrected chi connectivity index (χ3v) is 3.24. The Morgan fingerprint density at radius 2 is 2.14 bits per heavy atom. The highest BCUT2D eigenvalue weighted by Gasteiger charge is 2.24. The van der Waals surface area contributed by atoms with Crippen LogP contribution in [0.1, 0.15) is 30.7 Å². The van der Waals surface area contributed by atoms with Gasteiger partial charge in [-0.3, -0.25) is 0 Å². The molecule has 1 aliphatic rings. The standard InChI is InChI=1S/C9H15N3OS/c1-6-11-12-9(14-6)13-8-5-3-2-4-7(8)10/h7-8H,2-5,10H2,1H3/t7-,8-/m1/s1. The van der Waals surface area contributed by atoms with E-state index < -0.39 is 0 Å². The Labute approximate surface area is 87.5 Å². The number of rotatable bonds is 2. The Balaban J connectivity index is 1.95. The molecule has 1 aromatic rings. The number of aryl methyl sites for hydroxylation is 1. The second-order valence-corrected chi connectivity index (χ2v) is 4.84. The maximum Gasteiger partial charge on any atom is 0.294 e. The predicted molar refractivity (Wildman–Crippen MR) is 55.5 cm³/mol. The summed E-state index contributed by atoms with van der Waals surface area (Å²) < 4.78 is 5.71. The van der Waals surface area contributed by atoms with Crippen LogP contribution in [0.2, 0.25) is 0 Å². The van der Waals surface area contributed by atoms with Crippen molar-refractivity contribution in [3.8, 4) is 5.19 Å². The van der Waals surface area contributed by atoms with Crippen LogP contribution in [0.25, 0.3) is 0 Å². The fourth-order valence-corrected chi connectivity index (χ4v) is 2.32. The number of nitrogens with two attached hydrogens (primary N) is 1. The summed E-state index contributed by atoms with van der Waals surface area (Å²) in [4.78, 5) is 0. The van der Waals surface area contributed by atoms with E-state index in [-0.39, 0.29) is 12.1 Å². The van der Waals surface area contributed by atoms with Gasteiger partial charge in [-0.25, -0.2) is 0 Å². The lowest BCUT2D eigenvalue weighted by atomic mass is 9.93. The van der Waals surface area contributed by atoms with Crippen LogP contribution in [-0.2, 0) is 0 Å². The van der Waals surface area contributed by atoms with Crippen LogP contribution in [0.3, 0.4) is 0 Å². The Hall–Kier alpha value is -0.680. The first-order chi connectivity index (χ1) is 6.75. The molecule has 1 aromatic heterocycles. The average Bonchev–Trinajstić information content (AvgIpc) is 2.56. The molecule has 2 N–H and O–H groups in total. The van der Waals surface area contributed by atoms with E-state index >= 15 is 0 Å². The number of aromatic nitrogens is 2. The summed E-state index contributed by atoms with van der Waals surface area (Å²) >= 11 is 1.48. The molecule has 0 unspecified atom stereocenters. The van der Waals surface area contributed by atoms with Crippen molar-refractivity contribution in [2.24, 2.45) is 5.73 Å². The zero-order valence-electron chi connectivity index (χ0n) is 8.27. The highest BCUT2D eigenvalue weighted by Crippen LogP contribution is 2.24. The molecule has 0 bridgehead atoms. The van der Waals surface area contributed by atoms with Gasteiger partial charge in [0.15, 0.2) is 0 Å². The van der Waals surface area contributed by atoms with E-state index in [0.717, 1.165) is 17.8 Å². The second-order valence-electron chi connectivity index (χ2n) is 3.69. The van der Waals surface area contributed by atoms with Crippen molar-refractivity contribution >= 4 is 11.3 Å². The monoisotopic (exact) mass is 213 g/mol. The van der Waals surface area contributed by atoms with Crippen molar-refractivity contribution in [3.05, 3.63) is 5.01 Å². The summed E-state index contributed by atoms with van der Waals surface area (Å²) in [7, 11) is 0. The molecule has 0 amide bonds. The van der Waals surface area contributed by atoms with E-state index in [1.807, 2.05) is 6.92 Å². The number of hydrogen-bond acceptors (Lipinski definition) is 5. The summed E-state index contributed by atoms with van der Waals surface area (Å²) in [5.74, 6) is 0. The van der Waals surface area contributed by atoms with Crippen molar-refractivity contribution in [2.75, 3.05) is 0 Å². The fraction of sp³-hybridized carbons (Fsp3) is 0.778. The molecule has 1 saturated carbocycles. The summed E-state index contributed by atoms with van der Waals surface area (Å²) in [5, 5.41) is 9.44. The van der Waals surface area contributed by atoms with Gasteiger partial charge in [0.05, 0.1) is 0 Å². The van der Waals surface area contributed by atoms with Gasteiger partial charge >= 0.3 is 0 Å². The molecule has 0 aliphatic heterocycles. The van der Waals surface area contributed by atoms with Crippen molar-refractivity contribution in [1.29, 1.82) is 0 Å². The normalized spacial score (nSPS) is 27.6. The Morgan fingerprint density at radius 3 is 2.79 bits per heavy atom. The maximum absolute atomic E-state index is 5.97. The van der Waals surface area contributed by atoms with Crippen LogP contribution < -0.4 is 10.5 Å². The highest BCUT2D eigenvalue weighted by atomic mass is 32.1. The third-order valence-electron chi connectivity index (χ3n) is 2.51. The molecule has 2 rings (SSSR count). The van der Waals surface area contributed by atoms with Crippen LogP contribution in [0.5, 0.6) is 5.19 Å². The first-order valence-electron chi connectivity index (χ1n) is 4.98.